The Morgan fingerprint density at radius 2 is 2.29 bits per heavy atom. The zero-order valence-corrected chi connectivity index (χ0v) is 9.85. The highest BCUT2D eigenvalue weighted by molar-refractivity contribution is 5.85. The molecule has 0 aromatic carbocycles. The van der Waals surface area contributed by atoms with E-state index in [0.29, 0.717) is 5.92 Å². The minimum absolute atomic E-state index is 0. The van der Waals surface area contributed by atoms with E-state index < -0.39 is 0 Å². The summed E-state index contributed by atoms with van der Waals surface area (Å²) >= 11 is 0. The minimum Gasteiger partial charge on any atom is -0.341 e. The Bertz CT molecular complexity index is 187. The molecule has 14 heavy (non-hydrogen) atoms. The lowest BCUT2D eigenvalue weighted by Crippen LogP contribution is -2.47. The molecule has 1 fully saturated rings. The number of likely N-dealkylation sites (tertiary alicyclic amines) is 1. The molecule has 1 unspecified atom stereocenters. The molecule has 0 aliphatic carbocycles. The summed E-state index contributed by atoms with van der Waals surface area (Å²) in [6.45, 7) is 5.94. The van der Waals surface area contributed by atoms with Gasteiger partial charge in [0.05, 0.1) is 6.04 Å². The molecular weight excluding hydrogens is 200 g/mol. The molecule has 0 bridgehead atoms. The van der Waals surface area contributed by atoms with Crippen LogP contribution < -0.4 is 5.73 Å². The molecule has 0 aromatic heterocycles. The second kappa shape index (κ2) is 6.25. The van der Waals surface area contributed by atoms with Crippen LogP contribution >= 0.6 is 12.4 Å². The first-order chi connectivity index (χ1) is 6.15. The van der Waals surface area contributed by atoms with Gasteiger partial charge in [-0.1, -0.05) is 13.8 Å². The van der Waals surface area contributed by atoms with Gasteiger partial charge in [0.2, 0.25) is 5.91 Å². The van der Waals surface area contributed by atoms with Gasteiger partial charge in [0.25, 0.3) is 0 Å². The summed E-state index contributed by atoms with van der Waals surface area (Å²) in [4.78, 5) is 13.6. The van der Waals surface area contributed by atoms with Gasteiger partial charge in [0.1, 0.15) is 0 Å². The third-order valence-corrected chi connectivity index (χ3v) is 2.73. The first-order valence-corrected chi connectivity index (χ1v) is 5.19. The number of nitrogens with two attached hydrogens (primary N) is 1. The highest BCUT2D eigenvalue weighted by Gasteiger charge is 2.23. The van der Waals surface area contributed by atoms with Crippen LogP contribution in [0.4, 0.5) is 0 Å². The number of nitrogens with zero attached hydrogens (tertiary/aromatic N) is 1. The monoisotopic (exact) mass is 220 g/mol. The van der Waals surface area contributed by atoms with E-state index in [2.05, 4.69) is 6.92 Å². The van der Waals surface area contributed by atoms with Crippen molar-refractivity contribution in [2.24, 2.45) is 11.7 Å². The number of amides is 1. The van der Waals surface area contributed by atoms with E-state index in [1.165, 1.54) is 6.42 Å². The van der Waals surface area contributed by atoms with Crippen LogP contribution in [-0.4, -0.2) is 29.9 Å². The lowest BCUT2D eigenvalue weighted by atomic mass is 9.99. The van der Waals surface area contributed by atoms with Crippen LogP contribution in [0.2, 0.25) is 0 Å². The van der Waals surface area contributed by atoms with Gasteiger partial charge in [-0.25, -0.2) is 0 Å². The SMILES string of the molecule is CCC(N)C(=O)N1CCC[C@H](C)C1.Cl. The Kier molecular flexibility index (Phi) is 6.12. The van der Waals surface area contributed by atoms with Crippen molar-refractivity contribution < 1.29 is 4.79 Å². The topological polar surface area (TPSA) is 46.3 Å². The predicted molar refractivity (Wildman–Crippen MR) is 60.5 cm³/mol. The molecule has 3 nitrogen and oxygen atoms in total. The van der Waals surface area contributed by atoms with Crippen molar-refractivity contribution in [1.29, 1.82) is 0 Å². The average molecular weight is 221 g/mol. The van der Waals surface area contributed by atoms with Gasteiger partial charge in [-0.2, -0.15) is 0 Å². The van der Waals surface area contributed by atoms with Gasteiger partial charge in [-0.05, 0) is 25.2 Å². The molecular formula is C10H21ClN2O. The van der Waals surface area contributed by atoms with Crippen LogP contribution in [0.15, 0.2) is 0 Å². The predicted octanol–water partition coefficient (Wildman–Crippen LogP) is 1.40. The van der Waals surface area contributed by atoms with Crippen LogP contribution in [0.25, 0.3) is 0 Å². The standard InChI is InChI=1S/C10H20N2O.ClH/c1-3-9(11)10(13)12-6-4-5-8(2)7-12;/h8-9H,3-7,11H2,1-2H3;1H/t8-,9?;/m0./s1. The van der Waals surface area contributed by atoms with Crippen molar-refractivity contribution in [2.75, 3.05) is 13.1 Å². The Hall–Kier alpha value is -0.280. The van der Waals surface area contributed by atoms with E-state index in [0.717, 1.165) is 25.9 Å². The molecule has 2 N–H and O–H groups in total. The normalized spacial score (nSPS) is 23.9. The molecule has 2 atom stereocenters. The van der Waals surface area contributed by atoms with E-state index in [-0.39, 0.29) is 24.4 Å². The second-order valence-electron chi connectivity index (χ2n) is 4.05. The van der Waals surface area contributed by atoms with Crippen molar-refractivity contribution in [1.82, 2.24) is 4.90 Å². The number of carbonyl (C=O) groups excluding carboxylic acids is 1. The molecule has 1 saturated heterocycles. The Morgan fingerprint density at radius 1 is 1.64 bits per heavy atom. The van der Waals surface area contributed by atoms with Crippen molar-refractivity contribution >= 4 is 18.3 Å². The number of carbonyl (C=O) groups is 1. The number of halogens is 1. The number of rotatable bonds is 2. The van der Waals surface area contributed by atoms with Crippen molar-refractivity contribution in [3.63, 3.8) is 0 Å². The quantitative estimate of drug-likeness (QED) is 0.765. The zero-order valence-electron chi connectivity index (χ0n) is 9.03. The first-order valence-electron chi connectivity index (χ1n) is 5.19. The lowest BCUT2D eigenvalue weighted by molar-refractivity contribution is -0.134. The molecule has 1 aliphatic heterocycles. The Balaban J connectivity index is 0.00000169. The largest absolute Gasteiger partial charge is 0.341 e. The van der Waals surface area contributed by atoms with Gasteiger partial charge in [-0.15, -0.1) is 12.4 Å². The summed E-state index contributed by atoms with van der Waals surface area (Å²) in [5, 5.41) is 0. The molecule has 1 amide bonds. The molecule has 84 valence electrons. The van der Waals surface area contributed by atoms with E-state index in [1.807, 2.05) is 11.8 Å². The average Bonchev–Trinajstić information content (AvgIpc) is 2.15. The minimum atomic E-state index is -0.287. The van der Waals surface area contributed by atoms with Crippen molar-refractivity contribution in [2.45, 2.75) is 39.2 Å². The highest BCUT2D eigenvalue weighted by Crippen LogP contribution is 2.16. The van der Waals surface area contributed by atoms with Gasteiger partial charge in [-0.3, -0.25) is 4.79 Å². The summed E-state index contributed by atoms with van der Waals surface area (Å²) in [6, 6.07) is -0.287. The van der Waals surface area contributed by atoms with E-state index >= 15 is 0 Å². The fourth-order valence-electron chi connectivity index (χ4n) is 1.80. The summed E-state index contributed by atoms with van der Waals surface area (Å²) in [5.74, 6) is 0.774. The first kappa shape index (κ1) is 13.7. The van der Waals surface area contributed by atoms with E-state index in [9.17, 15) is 4.79 Å². The smallest absolute Gasteiger partial charge is 0.239 e. The molecule has 1 aliphatic rings. The van der Waals surface area contributed by atoms with Crippen LogP contribution in [0, 0.1) is 5.92 Å². The van der Waals surface area contributed by atoms with Crippen molar-refractivity contribution in [3.8, 4) is 0 Å². The van der Waals surface area contributed by atoms with Crippen LogP contribution in [0.3, 0.4) is 0 Å². The zero-order chi connectivity index (χ0) is 9.84. The molecule has 0 aromatic rings. The molecule has 1 rings (SSSR count). The van der Waals surface area contributed by atoms with Gasteiger partial charge in [0, 0.05) is 13.1 Å². The van der Waals surface area contributed by atoms with Crippen LogP contribution in [0.5, 0.6) is 0 Å². The fraction of sp³-hybridized carbons (Fsp3) is 0.900. The highest BCUT2D eigenvalue weighted by atomic mass is 35.5. The Morgan fingerprint density at radius 3 is 2.79 bits per heavy atom. The van der Waals surface area contributed by atoms with Crippen LogP contribution in [0.1, 0.15) is 33.1 Å². The van der Waals surface area contributed by atoms with Gasteiger partial charge in [0.15, 0.2) is 0 Å². The summed E-state index contributed by atoms with van der Waals surface area (Å²) in [7, 11) is 0. The summed E-state index contributed by atoms with van der Waals surface area (Å²) in [5.41, 5.74) is 5.70. The molecule has 0 saturated carbocycles. The van der Waals surface area contributed by atoms with E-state index in [4.69, 9.17) is 5.73 Å². The molecule has 0 radical (unpaired) electrons. The third-order valence-electron chi connectivity index (χ3n) is 2.73. The molecule has 1 heterocycles. The second-order valence-corrected chi connectivity index (χ2v) is 4.05. The lowest BCUT2D eigenvalue weighted by Gasteiger charge is -2.32. The number of piperidine rings is 1. The fourth-order valence-corrected chi connectivity index (χ4v) is 1.80. The maximum absolute atomic E-state index is 11.7. The summed E-state index contributed by atoms with van der Waals surface area (Å²) < 4.78 is 0. The van der Waals surface area contributed by atoms with Crippen molar-refractivity contribution in [3.05, 3.63) is 0 Å². The maximum Gasteiger partial charge on any atom is 0.239 e. The third kappa shape index (κ3) is 3.46. The Labute approximate surface area is 92.4 Å². The maximum atomic E-state index is 11.7. The van der Waals surface area contributed by atoms with Gasteiger partial charge >= 0.3 is 0 Å². The molecule has 4 heteroatoms. The molecule has 0 spiro atoms. The van der Waals surface area contributed by atoms with Gasteiger partial charge < -0.3 is 10.6 Å². The van der Waals surface area contributed by atoms with Crippen LogP contribution in [-0.2, 0) is 4.79 Å². The van der Waals surface area contributed by atoms with E-state index in [1.54, 1.807) is 0 Å². The summed E-state index contributed by atoms with van der Waals surface area (Å²) in [6.07, 6.45) is 3.11. The number of hydrogen-bond acceptors (Lipinski definition) is 2. The number of hydrogen-bond donors (Lipinski definition) is 1.